The second-order valence-electron chi connectivity index (χ2n) is 8.78. The number of hydrogen-bond donors (Lipinski definition) is 0. The third kappa shape index (κ3) is 7.37. The SMILES string of the molecule is COc1ccc(C(=O)c2cccn2CC/C=C/c2ccc(OCC(=O)OC(C)(C)C)cc2)cc1. The van der Waals surface area contributed by atoms with Gasteiger partial charge in [0.25, 0.3) is 0 Å². The zero-order valence-corrected chi connectivity index (χ0v) is 20.1. The molecule has 3 rings (SSSR count). The van der Waals surface area contributed by atoms with Crippen LogP contribution in [-0.2, 0) is 16.1 Å². The van der Waals surface area contributed by atoms with Gasteiger partial charge in [-0.25, -0.2) is 4.79 Å². The normalized spacial score (nSPS) is 11.4. The lowest BCUT2D eigenvalue weighted by Crippen LogP contribution is -2.27. The molecule has 0 amide bonds. The first kappa shape index (κ1) is 24.8. The first-order valence-corrected chi connectivity index (χ1v) is 11.2. The molecule has 0 saturated heterocycles. The van der Waals surface area contributed by atoms with Gasteiger partial charge in [0, 0.05) is 18.3 Å². The highest BCUT2D eigenvalue weighted by Gasteiger charge is 2.16. The average Bonchev–Trinajstić information content (AvgIpc) is 3.28. The quantitative estimate of drug-likeness (QED) is 0.292. The van der Waals surface area contributed by atoms with E-state index in [1.165, 1.54) is 0 Å². The summed E-state index contributed by atoms with van der Waals surface area (Å²) in [6.45, 7) is 6.03. The van der Waals surface area contributed by atoms with Crippen LogP contribution in [0.2, 0.25) is 0 Å². The van der Waals surface area contributed by atoms with E-state index in [4.69, 9.17) is 14.2 Å². The van der Waals surface area contributed by atoms with E-state index in [1.54, 1.807) is 31.4 Å². The van der Waals surface area contributed by atoms with Crippen molar-refractivity contribution in [2.45, 2.75) is 39.3 Å². The molecule has 6 heteroatoms. The number of benzene rings is 2. The van der Waals surface area contributed by atoms with Crippen molar-refractivity contribution < 1.29 is 23.8 Å². The summed E-state index contributed by atoms with van der Waals surface area (Å²) in [6.07, 6.45) is 6.78. The number of allylic oxidation sites excluding steroid dienone is 1. The van der Waals surface area contributed by atoms with Crippen molar-refractivity contribution in [1.82, 2.24) is 4.57 Å². The van der Waals surface area contributed by atoms with Crippen molar-refractivity contribution in [3.05, 3.63) is 89.8 Å². The maximum Gasteiger partial charge on any atom is 0.344 e. The number of carbonyl (C=O) groups is 2. The summed E-state index contributed by atoms with van der Waals surface area (Å²) < 4.78 is 17.8. The molecule has 0 aliphatic carbocycles. The molecular formula is C28H31NO5. The van der Waals surface area contributed by atoms with Crippen LogP contribution in [0.4, 0.5) is 0 Å². The number of esters is 1. The molecule has 0 aliphatic rings. The van der Waals surface area contributed by atoms with Crippen LogP contribution in [0.5, 0.6) is 11.5 Å². The molecule has 0 unspecified atom stereocenters. The van der Waals surface area contributed by atoms with Gasteiger partial charge in [-0.15, -0.1) is 0 Å². The van der Waals surface area contributed by atoms with Crippen molar-refractivity contribution in [3.63, 3.8) is 0 Å². The van der Waals surface area contributed by atoms with Crippen LogP contribution in [0.15, 0.2) is 72.9 Å². The molecule has 0 N–H and O–H groups in total. The maximum atomic E-state index is 12.9. The van der Waals surface area contributed by atoms with E-state index in [9.17, 15) is 9.59 Å². The third-order valence-corrected chi connectivity index (χ3v) is 4.92. The highest BCUT2D eigenvalue weighted by Crippen LogP contribution is 2.17. The Labute approximate surface area is 200 Å². The minimum atomic E-state index is -0.528. The number of carbonyl (C=O) groups excluding carboxylic acids is 2. The fourth-order valence-corrected chi connectivity index (χ4v) is 3.33. The summed E-state index contributed by atoms with van der Waals surface area (Å²) in [6, 6.07) is 18.4. The highest BCUT2D eigenvalue weighted by molar-refractivity contribution is 6.08. The first-order valence-electron chi connectivity index (χ1n) is 11.2. The fraction of sp³-hybridized carbons (Fsp3) is 0.286. The van der Waals surface area contributed by atoms with Crippen molar-refractivity contribution >= 4 is 17.8 Å². The number of aromatic nitrogens is 1. The Morgan fingerprint density at radius 1 is 0.941 bits per heavy atom. The average molecular weight is 462 g/mol. The van der Waals surface area contributed by atoms with E-state index < -0.39 is 11.6 Å². The van der Waals surface area contributed by atoms with Crippen LogP contribution >= 0.6 is 0 Å². The Bertz CT molecular complexity index is 1120. The van der Waals surface area contributed by atoms with Crippen molar-refractivity contribution in [1.29, 1.82) is 0 Å². The van der Waals surface area contributed by atoms with Crippen LogP contribution in [-0.4, -0.2) is 35.6 Å². The van der Waals surface area contributed by atoms with Gasteiger partial charge in [-0.3, -0.25) is 4.79 Å². The van der Waals surface area contributed by atoms with E-state index in [2.05, 4.69) is 6.08 Å². The van der Waals surface area contributed by atoms with E-state index in [0.29, 0.717) is 23.6 Å². The Balaban J connectivity index is 1.50. The number of aryl methyl sites for hydroxylation is 1. The molecule has 2 aromatic carbocycles. The van der Waals surface area contributed by atoms with Crippen LogP contribution in [0, 0.1) is 0 Å². The van der Waals surface area contributed by atoms with Gasteiger partial charge in [-0.1, -0.05) is 24.3 Å². The first-order chi connectivity index (χ1) is 16.2. The molecule has 34 heavy (non-hydrogen) atoms. The highest BCUT2D eigenvalue weighted by atomic mass is 16.6. The zero-order valence-electron chi connectivity index (χ0n) is 20.1. The molecule has 178 valence electrons. The fourth-order valence-electron chi connectivity index (χ4n) is 3.33. The predicted molar refractivity (Wildman–Crippen MR) is 132 cm³/mol. The van der Waals surface area contributed by atoms with Gasteiger partial charge in [0.1, 0.15) is 17.1 Å². The molecule has 0 atom stereocenters. The Hall–Kier alpha value is -3.80. The molecule has 0 spiro atoms. The van der Waals surface area contributed by atoms with Crippen molar-refractivity contribution in [2.75, 3.05) is 13.7 Å². The molecule has 0 radical (unpaired) electrons. The van der Waals surface area contributed by atoms with Crippen LogP contribution in [0.3, 0.4) is 0 Å². The largest absolute Gasteiger partial charge is 0.497 e. The number of ketones is 1. The minimum Gasteiger partial charge on any atom is -0.497 e. The molecular weight excluding hydrogens is 430 g/mol. The molecule has 0 saturated carbocycles. The number of hydrogen-bond acceptors (Lipinski definition) is 5. The lowest BCUT2D eigenvalue weighted by molar-refractivity contribution is -0.157. The van der Waals surface area contributed by atoms with Gasteiger partial charge in [0.15, 0.2) is 6.61 Å². The minimum absolute atomic E-state index is 0.0152. The molecule has 1 heterocycles. The van der Waals surface area contributed by atoms with Gasteiger partial charge in [-0.2, -0.15) is 0 Å². The molecule has 3 aromatic rings. The molecule has 0 aliphatic heterocycles. The van der Waals surface area contributed by atoms with Crippen molar-refractivity contribution in [2.24, 2.45) is 0 Å². The summed E-state index contributed by atoms with van der Waals surface area (Å²) >= 11 is 0. The molecule has 1 aromatic heterocycles. The number of methoxy groups -OCH3 is 1. The topological polar surface area (TPSA) is 66.8 Å². The molecule has 0 bridgehead atoms. The van der Waals surface area contributed by atoms with E-state index in [0.717, 1.165) is 17.7 Å². The Kier molecular flexibility index (Phi) is 8.30. The van der Waals surface area contributed by atoms with Gasteiger partial charge in [-0.05, 0) is 81.3 Å². The maximum absolute atomic E-state index is 12.9. The van der Waals surface area contributed by atoms with Gasteiger partial charge < -0.3 is 18.8 Å². The number of ether oxygens (including phenoxy) is 3. The van der Waals surface area contributed by atoms with E-state index >= 15 is 0 Å². The second kappa shape index (κ2) is 11.4. The third-order valence-electron chi connectivity index (χ3n) is 4.92. The monoisotopic (exact) mass is 461 g/mol. The Morgan fingerprint density at radius 2 is 1.62 bits per heavy atom. The zero-order chi connectivity index (χ0) is 24.6. The molecule has 0 fully saturated rings. The summed E-state index contributed by atoms with van der Waals surface area (Å²) in [5.74, 6) is 0.918. The standard InChI is InChI=1S/C28H31NO5/c1-28(2,3)34-26(30)20-33-24-14-10-21(11-15-24)8-5-6-18-29-19-7-9-25(29)27(31)22-12-16-23(32-4)17-13-22/h5,7-17,19H,6,18,20H2,1-4H3/b8-5+. The summed E-state index contributed by atoms with van der Waals surface area (Å²) in [7, 11) is 1.60. The lowest BCUT2D eigenvalue weighted by atomic mass is 10.1. The second-order valence-corrected chi connectivity index (χ2v) is 8.78. The van der Waals surface area contributed by atoms with E-state index in [-0.39, 0.29) is 12.4 Å². The summed E-state index contributed by atoms with van der Waals surface area (Å²) in [5.41, 5.74) is 1.78. The van der Waals surface area contributed by atoms with Crippen LogP contribution in [0.1, 0.15) is 48.8 Å². The summed E-state index contributed by atoms with van der Waals surface area (Å²) in [5, 5.41) is 0. The van der Waals surface area contributed by atoms with Crippen LogP contribution in [0.25, 0.3) is 6.08 Å². The van der Waals surface area contributed by atoms with Gasteiger partial charge in [0.2, 0.25) is 5.78 Å². The predicted octanol–water partition coefficient (Wildman–Crippen LogP) is 5.55. The van der Waals surface area contributed by atoms with E-state index in [1.807, 2.05) is 74.0 Å². The number of rotatable bonds is 10. The van der Waals surface area contributed by atoms with Gasteiger partial charge in [0.05, 0.1) is 12.8 Å². The van der Waals surface area contributed by atoms with Crippen LogP contribution < -0.4 is 9.47 Å². The van der Waals surface area contributed by atoms with Gasteiger partial charge >= 0.3 is 5.97 Å². The summed E-state index contributed by atoms with van der Waals surface area (Å²) in [4.78, 5) is 24.6. The van der Waals surface area contributed by atoms with Crippen molar-refractivity contribution in [3.8, 4) is 11.5 Å². The lowest BCUT2D eigenvalue weighted by Gasteiger charge is -2.19. The smallest absolute Gasteiger partial charge is 0.344 e. The number of nitrogens with zero attached hydrogens (tertiary/aromatic N) is 1. The molecule has 6 nitrogen and oxygen atoms in total. The Morgan fingerprint density at radius 3 is 2.26 bits per heavy atom.